The van der Waals surface area contributed by atoms with Gasteiger partial charge in [-0.25, -0.2) is 4.39 Å². The summed E-state index contributed by atoms with van der Waals surface area (Å²) in [5.74, 6) is 5.25. The van der Waals surface area contributed by atoms with E-state index in [0.29, 0.717) is 21.5 Å². The number of nitrogens with two attached hydrogens (primary N) is 1. The molecule has 6 heteroatoms. The van der Waals surface area contributed by atoms with Crippen LogP contribution >= 0.6 is 43.5 Å². The monoisotopic (exact) mass is 420 g/mol. The van der Waals surface area contributed by atoms with Crippen molar-refractivity contribution in [2.75, 3.05) is 0 Å². The normalized spacial score (nSPS) is 12.4. The zero-order valence-corrected chi connectivity index (χ0v) is 14.3. The Labute approximate surface area is 138 Å². The van der Waals surface area contributed by atoms with Crippen LogP contribution in [0.2, 0.25) is 5.02 Å². The van der Waals surface area contributed by atoms with Crippen molar-refractivity contribution in [2.24, 2.45) is 5.84 Å². The molecule has 0 saturated heterocycles. The Morgan fingerprint density at radius 1 is 1.15 bits per heavy atom. The Hall–Kier alpha value is -0.460. The van der Waals surface area contributed by atoms with E-state index >= 15 is 0 Å². The number of hydrogen-bond donors (Lipinski definition) is 2. The quantitative estimate of drug-likeness (QED) is 0.551. The predicted octanol–water partition coefficient (Wildman–Crippen LogP) is 4.75. The van der Waals surface area contributed by atoms with E-state index in [4.69, 9.17) is 17.4 Å². The van der Waals surface area contributed by atoms with Crippen LogP contribution in [0.25, 0.3) is 0 Å². The molecule has 0 aliphatic heterocycles. The Balaban J connectivity index is 2.28. The molecule has 0 amide bonds. The zero-order valence-electron chi connectivity index (χ0n) is 10.3. The molecular weight excluding hydrogens is 410 g/mol. The lowest BCUT2D eigenvalue weighted by Crippen LogP contribution is -2.30. The average molecular weight is 423 g/mol. The second-order valence-electron chi connectivity index (χ2n) is 4.32. The maximum Gasteiger partial charge on any atom is 0.129 e. The molecule has 2 aromatic carbocycles. The van der Waals surface area contributed by atoms with Crippen LogP contribution in [-0.4, -0.2) is 0 Å². The van der Waals surface area contributed by atoms with E-state index in [0.717, 1.165) is 10.0 Å². The van der Waals surface area contributed by atoms with Gasteiger partial charge in [-0.3, -0.25) is 11.3 Å². The molecule has 2 rings (SSSR count). The summed E-state index contributed by atoms with van der Waals surface area (Å²) in [6, 6.07) is 10.2. The van der Waals surface area contributed by atoms with Gasteiger partial charge in [-0.15, -0.1) is 0 Å². The van der Waals surface area contributed by atoms with Crippen molar-refractivity contribution in [3.05, 3.63) is 67.3 Å². The van der Waals surface area contributed by atoms with Crippen LogP contribution in [0.5, 0.6) is 0 Å². The van der Waals surface area contributed by atoms with Gasteiger partial charge in [0, 0.05) is 19.5 Å². The number of hydrogen-bond acceptors (Lipinski definition) is 2. The molecule has 2 aromatic rings. The highest BCUT2D eigenvalue weighted by Crippen LogP contribution is 2.28. The Morgan fingerprint density at radius 3 is 2.40 bits per heavy atom. The molecule has 0 aliphatic carbocycles. The van der Waals surface area contributed by atoms with Crippen LogP contribution in [0.15, 0.2) is 45.3 Å². The third-order valence-electron chi connectivity index (χ3n) is 2.98. The van der Waals surface area contributed by atoms with E-state index < -0.39 is 0 Å². The highest BCUT2D eigenvalue weighted by atomic mass is 79.9. The number of nitrogens with one attached hydrogen (secondary N) is 1. The van der Waals surface area contributed by atoms with E-state index in [1.807, 2.05) is 18.2 Å². The van der Waals surface area contributed by atoms with Crippen LogP contribution in [0.3, 0.4) is 0 Å². The van der Waals surface area contributed by atoms with E-state index in [9.17, 15) is 4.39 Å². The standard InChI is InChI=1S/C14H12Br2ClFN2/c15-9-2-1-8(12(17)6-9)5-14(20-19)11-4-3-10(16)7-13(11)18/h1-4,6-7,14,20H,5,19H2. The zero-order chi connectivity index (χ0) is 14.7. The third-order valence-corrected chi connectivity index (χ3v) is 4.32. The molecular formula is C14H12Br2ClFN2. The number of rotatable bonds is 4. The summed E-state index contributed by atoms with van der Waals surface area (Å²) in [6.45, 7) is 0. The summed E-state index contributed by atoms with van der Waals surface area (Å²) < 4.78 is 15.6. The van der Waals surface area contributed by atoms with E-state index in [2.05, 4.69) is 37.3 Å². The highest BCUT2D eigenvalue weighted by Gasteiger charge is 2.16. The van der Waals surface area contributed by atoms with Gasteiger partial charge < -0.3 is 0 Å². The second-order valence-corrected chi connectivity index (χ2v) is 6.56. The fourth-order valence-corrected chi connectivity index (χ4v) is 3.03. The van der Waals surface area contributed by atoms with Crippen molar-refractivity contribution in [3.8, 4) is 0 Å². The van der Waals surface area contributed by atoms with Crippen LogP contribution < -0.4 is 11.3 Å². The molecule has 1 unspecified atom stereocenters. The van der Waals surface area contributed by atoms with Gasteiger partial charge >= 0.3 is 0 Å². The summed E-state index contributed by atoms with van der Waals surface area (Å²) in [6.07, 6.45) is 0.501. The lowest BCUT2D eigenvalue weighted by Gasteiger charge is -2.18. The van der Waals surface area contributed by atoms with Crippen LogP contribution in [0.4, 0.5) is 4.39 Å². The van der Waals surface area contributed by atoms with E-state index in [-0.39, 0.29) is 11.9 Å². The van der Waals surface area contributed by atoms with Crippen LogP contribution in [-0.2, 0) is 6.42 Å². The third kappa shape index (κ3) is 3.80. The summed E-state index contributed by atoms with van der Waals surface area (Å²) in [7, 11) is 0. The molecule has 0 bridgehead atoms. The lowest BCUT2D eigenvalue weighted by atomic mass is 9.99. The fourth-order valence-electron chi connectivity index (χ4n) is 1.95. The Bertz CT molecular complexity index is 622. The number of benzene rings is 2. The lowest BCUT2D eigenvalue weighted by molar-refractivity contribution is 0.510. The summed E-state index contributed by atoms with van der Waals surface area (Å²) in [5, 5.41) is 0.622. The Morgan fingerprint density at radius 2 is 1.80 bits per heavy atom. The van der Waals surface area contributed by atoms with Crippen molar-refractivity contribution < 1.29 is 4.39 Å². The Kier molecular flexibility index (Phi) is 5.57. The molecule has 106 valence electrons. The first-order chi connectivity index (χ1) is 9.51. The topological polar surface area (TPSA) is 38.0 Å². The fraction of sp³-hybridized carbons (Fsp3) is 0.143. The van der Waals surface area contributed by atoms with Crippen molar-refractivity contribution >= 4 is 43.5 Å². The second kappa shape index (κ2) is 7.00. The number of hydrazine groups is 1. The van der Waals surface area contributed by atoms with Crippen molar-refractivity contribution in [1.82, 2.24) is 5.43 Å². The molecule has 3 N–H and O–H groups in total. The molecule has 0 saturated carbocycles. The molecule has 0 heterocycles. The summed E-state index contributed by atoms with van der Waals surface area (Å²) >= 11 is 12.8. The largest absolute Gasteiger partial charge is 0.271 e. The van der Waals surface area contributed by atoms with Gasteiger partial charge in [-0.2, -0.15) is 0 Å². The number of halogens is 4. The molecule has 20 heavy (non-hydrogen) atoms. The van der Waals surface area contributed by atoms with Gasteiger partial charge in [-0.05, 0) is 36.2 Å². The highest BCUT2D eigenvalue weighted by molar-refractivity contribution is 9.10. The van der Waals surface area contributed by atoms with Gasteiger partial charge in [0.2, 0.25) is 0 Å². The van der Waals surface area contributed by atoms with E-state index in [1.165, 1.54) is 6.07 Å². The minimum atomic E-state index is -0.346. The minimum Gasteiger partial charge on any atom is -0.271 e. The van der Waals surface area contributed by atoms with Crippen LogP contribution in [0.1, 0.15) is 17.2 Å². The molecule has 1 atom stereocenters. The maximum atomic E-state index is 14.0. The van der Waals surface area contributed by atoms with Crippen molar-refractivity contribution in [3.63, 3.8) is 0 Å². The summed E-state index contributed by atoms with van der Waals surface area (Å²) in [5.41, 5.74) is 4.06. The van der Waals surface area contributed by atoms with Gasteiger partial charge in [0.15, 0.2) is 0 Å². The van der Waals surface area contributed by atoms with E-state index in [1.54, 1.807) is 12.1 Å². The average Bonchev–Trinajstić information content (AvgIpc) is 2.39. The van der Waals surface area contributed by atoms with Crippen molar-refractivity contribution in [1.29, 1.82) is 0 Å². The molecule has 0 aliphatic rings. The van der Waals surface area contributed by atoms with Crippen molar-refractivity contribution in [2.45, 2.75) is 12.5 Å². The molecule has 2 nitrogen and oxygen atoms in total. The molecule has 0 fully saturated rings. The van der Waals surface area contributed by atoms with Crippen LogP contribution in [0, 0.1) is 5.82 Å². The molecule has 0 spiro atoms. The minimum absolute atomic E-state index is 0.310. The molecule has 0 aromatic heterocycles. The first kappa shape index (κ1) is 15.9. The molecule has 0 radical (unpaired) electrons. The van der Waals surface area contributed by atoms with Gasteiger partial charge in [0.05, 0.1) is 6.04 Å². The van der Waals surface area contributed by atoms with Gasteiger partial charge in [-0.1, -0.05) is 55.6 Å². The SMILES string of the molecule is NNC(Cc1ccc(Br)cc1Cl)c1ccc(Br)cc1F. The first-order valence-electron chi connectivity index (χ1n) is 5.86. The maximum absolute atomic E-state index is 14.0. The first-order valence-corrected chi connectivity index (χ1v) is 7.82. The predicted molar refractivity (Wildman–Crippen MR) is 87.0 cm³/mol. The van der Waals surface area contributed by atoms with Gasteiger partial charge in [0.25, 0.3) is 0 Å². The van der Waals surface area contributed by atoms with Gasteiger partial charge in [0.1, 0.15) is 5.82 Å². The summed E-state index contributed by atoms with van der Waals surface area (Å²) in [4.78, 5) is 0. The smallest absolute Gasteiger partial charge is 0.129 e.